The van der Waals surface area contributed by atoms with Gasteiger partial charge in [-0.2, -0.15) is 5.10 Å². The van der Waals surface area contributed by atoms with Crippen molar-refractivity contribution in [3.8, 4) is 0 Å². The first kappa shape index (κ1) is 6.74. The lowest BCUT2D eigenvalue weighted by molar-refractivity contribution is 0.628. The molecule has 0 amide bonds. The molecule has 0 saturated heterocycles. The maximum atomic E-state index is 12.3. The van der Waals surface area contributed by atoms with Crippen LogP contribution in [0.4, 0.5) is 10.1 Å². The highest BCUT2D eigenvalue weighted by molar-refractivity contribution is 5.44. The molecule has 52 valence electrons. The minimum atomic E-state index is -0.255. The first-order valence-electron chi connectivity index (χ1n) is 2.80. The summed E-state index contributed by atoms with van der Waals surface area (Å²) in [5, 5.41) is 3.41. The van der Waals surface area contributed by atoms with E-state index < -0.39 is 0 Å². The van der Waals surface area contributed by atoms with Crippen LogP contribution in [0, 0.1) is 5.82 Å². The van der Waals surface area contributed by atoms with E-state index in [0.717, 1.165) is 5.69 Å². The molecule has 10 heavy (non-hydrogen) atoms. The van der Waals surface area contributed by atoms with Crippen LogP contribution < -0.4 is 5.43 Å². The second-order valence-electron chi connectivity index (χ2n) is 1.78. The van der Waals surface area contributed by atoms with Gasteiger partial charge in [-0.1, -0.05) is 0 Å². The van der Waals surface area contributed by atoms with E-state index in [2.05, 4.69) is 17.2 Å². The molecular formula is C7H7FN2. The highest BCUT2D eigenvalue weighted by Crippen LogP contribution is 2.06. The van der Waals surface area contributed by atoms with Gasteiger partial charge in [-0.05, 0) is 24.3 Å². The van der Waals surface area contributed by atoms with Gasteiger partial charge < -0.3 is 0 Å². The van der Waals surface area contributed by atoms with Crippen molar-refractivity contribution in [2.45, 2.75) is 0 Å². The Morgan fingerprint density at radius 1 is 1.30 bits per heavy atom. The Balaban J connectivity index is 2.78. The van der Waals surface area contributed by atoms with Gasteiger partial charge in [0, 0.05) is 6.72 Å². The molecule has 3 heteroatoms. The first-order valence-corrected chi connectivity index (χ1v) is 2.80. The van der Waals surface area contributed by atoms with E-state index in [1.165, 1.54) is 12.1 Å². The smallest absolute Gasteiger partial charge is 0.123 e. The van der Waals surface area contributed by atoms with Gasteiger partial charge in [-0.3, -0.25) is 5.43 Å². The van der Waals surface area contributed by atoms with E-state index >= 15 is 0 Å². The summed E-state index contributed by atoms with van der Waals surface area (Å²) in [5.74, 6) is -0.255. The van der Waals surface area contributed by atoms with Crippen LogP contribution in [-0.2, 0) is 0 Å². The van der Waals surface area contributed by atoms with Crippen LogP contribution in [0.2, 0.25) is 0 Å². The Bertz CT molecular complexity index is 218. The maximum Gasteiger partial charge on any atom is 0.123 e. The highest BCUT2D eigenvalue weighted by Gasteiger charge is 1.88. The Morgan fingerprint density at radius 3 is 2.40 bits per heavy atom. The van der Waals surface area contributed by atoms with Crippen LogP contribution in [0.3, 0.4) is 0 Å². The largest absolute Gasteiger partial charge is 0.279 e. The van der Waals surface area contributed by atoms with Crippen molar-refractivity contribution in [3.63, 3.8) is 0 Å². The van der Waals surface area contributed by atoms with E-state index in [1.54, 1.807) is 12.1 Å². The van der Waals surface area contributed by atoms with Crippen LogP contribution in [-0.4, -0.2) is 6.72 Å². The fraction of sp³-hybridized carbons (Fsp3) is 0. The number of nitrogens with one attached hydrogen (secondary N) is 1. The van der Waals surface area contributed by atoms with Crippen LogP contribution >= 0.6 is 0 Å². The third kappa shape index (κ3) is 1.55. The van der Waals surface area contributed by atoms with Crippen LogP contribution in [0.1, 0.15) is 0 Å². The molecule has 0 aliphatic heterocycles. The average Bonchev–Trinajstić information content (AvgIpc) is 1.95. The second kappa shape index (κ2) is 2.96. The Hall–Kier alpha value is -1.38. The summed E-state index contributed by atoms with van der Waals surface area (Å²) < 4.78 is 12.3. The van der Waals surface area contributed by atoms with Crippen LogP contribution in [0.5, 0.6) is 0 Å². The molecule has 2 nitrogen and oxygen atoms in total. The zero-order valence-corrected chi connectivity index (χ0v) is 5.34. The summed E-state index contributed by atoms with van der Waals surface area (Å²) in [6.45, 7) is 3.22. The molecule has 0 spiro atoms. The summed E-state index contributed by atoms with van der Waals surface area (Å²) in [6.07, 6.45) is 0. The van der Waals surface area contributed by atoms with Crippen LogP contribution in [0.25, 0.3) is 0 Å². The van der Waals surface area contributed by atoms with Crippen molar-refractivity contribution in [2.24, 2.45) is 5.10 Å². The normalized spacial score (nSPS) is 8.90. The quantitative estimate of drug-likeness (QED) is 0.489. The lowest BCUT2D eigenvalue weighted by Gasteiger charge is -1.96. The molecule has 0 heterocycles. The molecular weight excluding hydrogens is 131 g/mol. The number of hydrogen-bond acceptors (Lipinski definition) is 2. The first-order chi connectivity index (χ1) is 4.83. The van der Waals surface area contributed by atoms with Gasteiger partial charge >= 0.3 is 0 Å². The van der Waals surface area contributed by atoms with E-state index in [9.17, 15) is 4.39 Å². The van der Waals surface area contributed by atoms with Crippen molar-refractivity contribution in [1.29, 1.82) is 0 Å². The van der Waals surface area contributed by atoms with Gasteiger partial charge in [0.15, 0.2) is 0 Å². The molecule has 1 aromatic carbocycles. The second-order valence-corrected chi connectivity index (χ2v) is 1.78. The van der Waals surface area contributed by atoms with E-state index in [1.807, 2.05) is 0 Å². The van der Waals surface area contributed by atoms with Gasteiger partial charge in [0.1, 0.15) is 5.82 Å². The topological polar surface area (TPSA) is 24.4 Å². The van der Waals surface area contributed by atoms with E-state index in [-0.39, 0.29) is 5.82 Å². The van der Waals surface area contributed by atoms with Gasteiger partial charge in [-0.15, -0.1) is 0 Å². The van der Waals surface area contributed by atoms with Crippen LogP contribution in [0.15, 0.2) is 29.4 Å². The van der Waals surface area contributed by atoms with Crippen molar-refractivity contribution in [3.05, 3.63) is 30.1 Å². The maximum absolute atomic E-state index is 12.3. The van der Waals surface area contributed by atoms with Crippen molar-refractivity contribution in [2.75, 3.05) is 5.43 Å². The Labute approximate surface area is 58.4 Å². The Morgan fingerprint density at radius 2 is 1.90 bits per heavy atom. The molecule has 0 saturated carbocycles. The molecule has 0 unspecified atom stereocenters. The summed E-state index contributed by atoms with van der Waals surface area (Å²) in [5.41, 5.74) is 3.31. The van der Waals surface area contributed by atoms with E-state index in [0.29, 0.717) is 0 Å². The predicted octanol–water partition coefficient (Wildman–Crippen LogP) is 1.85. The summed E-state index contributed by atoms with van der Waals surface area (Å²) in [7, 11) is 0. The molecule has 1 aromatic rings. The summed E-state index contributed by atoms with van der Waals surface area (Å²) in [4.78, 5) is 0. The van der Waals surface area contributed by atoms with Gasteiger partial charge in [0.2, 0.25) is 0 Å². The molecule has 0 bridgehead atoms. The number of nitrogens with zero attached hydrogens (tertiary/aromatic N) is 1. The molecule has 0 aliphatic carbocycles. The average molecular weight is 138 g/mol. The van der Waals surface area contributed by atoms with Gasteiger partial charge in [0.25, 0.3) is 0 Å². The highest BCUT2D eigenvalue weighted by atomic mass is 19.1. The number of rotatable bonds is 2. The molecule has 0 fully saturated rings. The molecule has 0 radical (unpaired) electrons. The van der Waals surface area contributed by atoms with Crippen molar-refractivity contribution >= 4 is 12.4 Å². The zero-order chi connectivity index (χ0) is 7.40. The number of hydrogen-bond donors (Lipinski definition) is 1. The fourth-order valence-corrected chi connectivity index (χ4v) is 0.616. The molecule has 0 aliphatic rings. The lowest BCUT2D eigenvalue weighted by Crippen LogP contribution is -1.85. The number of halogens is 1. The number of hydrazone groups is 1. The molecule has 1 rings (SSSR count). The minimum Gasteiger partial charge on any atom is -0.279 e. The van der Waals surface area contributed by atoms with Gasteiger partial charge in [0.05, 0.1) is 5.69 Å². The number of anilines is 1. The third-order valence-corrected chi connectivity index (χ3v) is 1.05. The summed E-state index contributed by atoms with van der Waals surface area (Å²) in [6, 6.07) is 5.88. The molecule has 0 aromatic heterocycles. The van der Waals surface area contributed by atoms with E-state index in [4.69, 9.17) is 0 Å². The Kier molecular flexibility index (Phi) is 1.99. The van der Waals surface area contributed by atoms with Crippen molar-refractivity contribution in [1.82, 2.24) is 0 Å². The number of benzene rings is 1. The SMILES string of the molecule is C=NNc1ccc(F)cc1. The predicted molar refractivity (Wildman–Crippen MR) is 39.6 cm³/mol. The summed E-state index contributed by atoms with van der Waals surface area (Å²) >= 11 is 0. The zero-order valence-electron chi connectivity index (χ0n) is 5.34. The lowest BCUT2D eigenvalue weighted by atomic mass is 10.3. The van der Waals surface area contributed by atoms with Gasteiger partial charge in [-0.25, -0.2) is 4.39 Å². The third-order valence-electron chi connectivity index (χ3n) is 1.05. The fourth-order valence-electron chi connectivity index (χ4n) is 0.616. The standard InChI is InChI=1S/C7H7FN2/c1-9-10-7-4-2-6(8)3-5-7/h2-5,10H,1H2. The monoisotopic (exact) mass is 138 g/mol. The molecule has 1 N–H and O–H groups in total. The molecule has 0 atom stereocenters. The van der Waals surface area contributed by atoms with Crippen molar-refractivity contribution < 1.29 is 4.39 Å². The minimum absolute atomic E-state index is 0.255.